The van der Waals surface area contributed by atoms with Crippen molar-refractivity contribution < 1.29 is 24.3 Å². The molecule has 0 aliphatic carbocycles. The van der Waals surface area contributed by atoms with Crippen LogP contribution < -0.4 is 21.7 Å². The lowest BCUT2D eigenvalue weighted by molar-refractivity contribution is -0.141. The minimum absolute atomic E-state index is 0.0878. The lowest BCUT2D eigenvalue weighted by Crippen LogP contribution is -2.57. The number of H-pyrrole nitrogens is 2. The molecule has 0 fully saturated rings. The molecule has 0 bridgehead atoms. The summed E-state index contributed by atoms with van der Waals surface area (Å²) in [6.07, 6.45) is 4.87. The van der Waals surface area contributed by atoms with Gasteiger partial charge in [-0.25, -0.2) is 4.98 Å². The van der Waals surface area contributed by atoms with Crippen molar-refractivity contribution in [2.24, 2.45) is 5.73 Å². The molecule has 3 unspecified atom stereocenters. The van der Waals surface area contributed by atoms with E-state index < -0.39 is 41.8 Å². The van der Waals surface area contributed by atoms with Gasteiger partial charge in [0.15, 0.2) is 0 Å². The number of fused-ring (bicyclic) bond motifs is 1. The van der Waals surface area contributed by atoms with Crippen LogP contribution in [0.1, 0.15) is 18.2 Å². The fourth-order valence-electron chi connectivity index (χ4n) is 3.46. The maximum Gasteiger partial charge on any atom is 0.325 e. The molecule has 34 heavy (non-hydrogen) atoms. The first-order chi connectivity index (χ1) is 16.3. The van der Waals surface area contributed by atoms with Crippen LogP contribution >= 0.6 is 0 Å². The predicted octanol–water partition coefficient (Wildman–Crippen LogP) is -0.806. The van der Waals surface area contributed by atoms with E-state index in [-0.39, 0.29) is 19.4 Å². The summed E-state index contributed by atoms with van der Waals surface area (Å²) in [4.78, 5) is 59.1. The number of carbonyl (C=O) groups is 4. The molecule has 0 aliphatic heterocycles. The van der Waals surface area contributed by atoms with Gasteiger partial charge in [-0.15, -0.1) is 0 Å². The number of aromatic amines is 2. The molecule has 3 rings (SSSR count). The van der Waals surface area contributed by atoms with Gasteiger partial charge in [0.05, 0.1) is 12.9 Å². The molecule has 3 atom stereocenters. The molecule has 0 aliphatic rings. The lowest BCUT2D eigenvalue weighted by Gasteiger charge is -2.23. The Morgan fingerprint density at radius 2 is 1.74 bits per heavy atom. The molecular weight excluding hydrogens is 442 g/mol. The number of amides is 3. The van der Waals surface area contributed by atoms with E-state index in [1.807, 2.05) is 24.3 Å². The van der Waals surface area contributed by atoms with Gasteiger partial charge in [-0.1, -0.05) is 18.2 Å². The molecule has 0 saturated carbocycles. The van der Waals surface area contributed by atoms with Crippen molar-refractivity contribution in [3.63, 3.8) is 0 Å². The number of benzene rings is 1. The summed E-state index contributed by atoms with van der Waals surface area (Å²) in [6, 6.07) is 4.17. The first-order valence-electron chi connectivity index (χ1n) is 10.6. The SMILES string of the molecule is CC(NC(=O)C(Cc1c[nH]c2ccccc12)NC(=O)C(Cc1cnc[nH]1)NC(=O)CN)C(=O)O. The molecule has 0 spiro atoms. The Labute approximate surface area is 194 Å². The highest BCUT2D eigenvalue weighted by molar-refractivity contribution is 5.94. The van der Waals surface area contributed by atoms with Crippen molar-refractivity contribution in [1.82, 2.24) is 30.9 Å². The average Bonchev–Trinajstić information content (AvgIpc) is 3.48. The topological polar surface area (TPSA) is 195 Å². The number of aliphatic carboxylic acids is 1. The zero-order valence-corrected chi connectivity index (χ0v) is 18.5. The second-order valence-electron chi connectivity index (χ2n) is 7.80. The number of nitrogens with zero attached hydrogens (tertiary/aromatic N) is 1. The largest absolute Gasteiger partial charge is 0.480 e. The third kappa shape index (κ3) is 6.19. The van der Waals surface area contributed by atoms with Crippen LogP contribution in [0.5, 0.6) is 0 Å². The van der Waals surface area contributed by atoms with Crippen molar-refractivity contribution in [3.8, 4) is 0 Å². The van der Waals surface area contributed by atoms with E-state index in [0.29, 0.717) is 5.69 Å². The van der Waals surface area contributed by atoms with Gasteiger partial charge in [-0.2, -0.15) is 0 Å². The molecule has 2 heterocycles. The monoisotopic (exact) mass is 469 g/mol. The van der Waals surface area contributed by atoms with Gasteiger partial charge in [0.25, 0.3) is 0 Å². The highest BCUT2D eigenvalue weighted by Crippen LogP contribution is 2.19. The predicted molar refractivity (Wildman–Crippen MR) is 122 cm³/mol. The number of carboxylic acid groups (broad SMARTS) is 1. The second-order valence-corrected chi connectivity index (χ2v) is 7.80. The van der Waals surface area contributed by atoms with Crippen LogP contribution in [0, 0.1) is 0 Å². The highest BCUT2D eigenvalue weighted by atomic mass is 16.4. The number of nitrogens with one attached hydrogen (secondary N) is 5. The smallest absolute Gasteiger partial charge is 0.325 e. The quantitative estimate of drug-likeness (QED) is 0.191. The highest BCUT2D eigenvalue weighted by Gasteiger charge is 2.29. The Morgan fingerprint density at radius 3 is 2.41 bits per heavy atom. The van der Waals surface area contributed by atoms with E-state index in [2.05, 4.69) is 30.9 Å². The first-order valence-corrected chi connectivity index (χ1v) is 10.6. The summed E-state index contributed by atoms with van der Waals surface area (Å²) in [5, 5.41) is 17.6. The van der Waals surface area contributed by atoms with E-state index in [4.69, 9.17) is 5.73 Å². The Hall–Kier alpha value is -4.19. The average molecular weight is 470 g/mol. The summed E-state index contributed by atoms with van der Waals surface area (Å²) in [6.45, 7) is 1.01. The fraction of sp³-hybridized carbons (Fsp3) is 0.318. The van der Waals surface area contributed by atoms with Crippen molar-refractivity contribution in [1.29, 1.82) is 0 Å². The maximum absolute atomic E-state index is 13.1. The molecule has 12 heteroatoms. The lowest BCUT2D eigenvalue weighted by atomic mass is 10.0. The minimum Gasteiger partial charge on any atom is -0.480 e. The maximum atomic E-state index is 13.1. The van der Waals surface area contributed by atoms with Crippen LogP contribution in [0.15, 0.2) is 43.0 Å². The molecule has 0 radical (unpaired) electrons. The number of hydrogen-bond acceptors (Lipinski definition) is 6. The van der Waals surface area contributed by atoms with Gasteiger partial charge < -0.3 is 36.8 Å². The number of carbonyl (C=O) groups excluding carboxylic acids is 3. The van der Waals surface area contributed by atoms with Crippen molar-refractivity contribution in [2.45, 2.75) is 37.9 Å². The van der Waals surface area contributed by atoms with Gasteiger partial charge in [-0.3, -0.25) is 19.2 Å². The van der Waals surface area contributed by atoms with Crippen LogP contribution in [-0.4, -0.2) is 68.4 Å². The van der Waals surface area contributed by atoms with Gasteiger partial charge in [0.1, 0.15) is 18.1 Å². The van der Waals surface area contributed by atoms with Crippen LogP contribution in [0.2, 0.25) is 0 Å². The van der Waals surface area contributed by atoms with Crippen molar-refractivity contribution in [3.05, 3.63) is 54.2 Å². The third-order valence-corrected chi connectivity index (χ3v) is 5.28. The number of rotatable bonds is 11. The zero-order chi connectivity index (χ0) is 24.7. The van der Waals surface area contributed by atoms with Gasteiger partial charge in [-0.05, 0) is 18.6 Å². The Bertz CT molecular complexity index is 1160. The molecule has 0 saturated heterocycles. The third-order valence-electron chi connectivity index (χ3n) is 5.28. The number of imidazole rings is 1. The minimum atomic E-state index is -1.21. The molecule has 180 valence electrons. The van der Waals surface area contributed by atoms with Crippen LogP contribution in [0.4, 0.5) is 0 Å². The Balaban J connectivity index is 1.84. The number of aromatic nitrogens is 3. The summed E-state index contributed by atoms with van der Waals surface area (Å²) < 4.78 is 0. The Kier molecular flexibility index (Phi) is 7.98. The van der Waals surface area contributed by atoms with Crippen molar-refractivity contribution in [2.75, 3.05) is 6.54 Å². The summed E-state index contributed by atoms with van der Waals surface area (Å²) in [7, 11) is 0. The van der Waals surface area contributed by atoms with Gasteiger partial charge in [0.2, 0.25) is 17.7 Å². The van der Waals surface area contributed by atoms with Gasteiger partial charge in [0, 0.05) is 41.8 Å². The molecule has 2 aromatic heterocycles. The van der Waals surface area contributed by atoms with Crippen LogP contribution in [-0.2, 0) is 32.0 Å². The number of para-hydroxylation sites is 1. The van der Waals surface area contributed by atoms with Gasteiger partial charge >= 0.3 is 5.97 Å². The van der Waals surface area contributed by atoms with E-state index in [0.717, 1.165) is 16.5 Å². The summed E-state index contributed by atoms with van der Waals surface area (Å²) in [5.41, 5.74) is 7.59. The first kappa shape index (κ1) is 24.5. The Morgan fingerprint density at radius 1 is 1.03 bits per heavy atom. The van der Waals surface area contributed by atoms with E-state index >= 15 is 0 Å². The molecule has 8 N–H and O–H groups in total. The van der Waals surface area contributed by atoms with E-state index in [1.54, 1.807) is 6.20 Å². The molecule has 1 aromatic carbocycles. The standard InChI is InChI=1S/C22H27N7O5/c1-12(22(33)34)27-20(31)17(6-13-9-25-16-5-3-2-4-15(13)16)29-21(32)18(28-19(30)8-23)7-14-10-24-11-26-14/h2-5,9-12,17-18,25H,6-8,23H2,1H3,(H,24,26)(H,27,31)(H,28,30)(H,29,32)(H,33,34). The fourth-order valence-corrected chi connectivity index (χ4v) is 3.46. The number of hydrogen-bond donors (Lipinski definition) is 7. The molecule has 3 aromatic rings. The summed E-state index contributed by atoms with van der Waals surface area (Å²) >= 11 is 0. The van der Waals surface area contributed by atoms with E-state index in [9.17, 15) is 24.3 Å². The molecular formula is C22H27N7O5. The second kappa shape index (κ2) is 11.1. The summed E-state index contributed by atoms with van der Waals surface area (Å²) in [5.74, 6) is -3.05. The number of carboxylic acids is 1. The number of nitrogens with two attached hydrogens (primary N) is 1. The van der Waals surface area contributed by atoms with E-state index in [1.165, 1.54) is 19.4 Å². The van der Waals surface area contributed by atoms with Crippen LogP contribution in [0.25, 0.3) is 10.9 Å². The molecule has 12 nitrogen and oxygen atoms in total. The molecule has 3 amide bonds. The zero-order valence-electron chi connectivity index (χ0n) is 18.5. The van der Waals surface area contributed by atoms with Crippen molar-refractivity contribution >= 4 is 34.6 Å². The normalized spacial score (nSPS) is 13.6. The van der Waals surface area contributed by atoms with Crippen LogP contribution in [0.3, 0.4) is 0 Å².